The molecule has 3 rings (SSSR count). The lowest BCUT2D eigenvalue weighted by Gasteiger charge is -2.26. The maximum atomic E-state index is 12.8. The maximum Gasteiger partial charge on any atom is 0.251 e. The predicted molar refractivity (Wildman–Crippen MR) is 101 cm³/mol. The molecular weight excluding hydrogens is 382 g/mol. The topological polar surface area (TPSA) is 47.6 Å². The van der Waals surface area contributed by atoms with Gasteiger partial charge in [-0.1, -0.05) is 24.3 Å². The van der Waals surface area contributed by atoms with Gasteiger partial charge in [-0.25, -0.2) is 0 Å². The second-order valence-corrected chi connectivity index (χ2v) is 6.89. The molecule has 2 aromatic carbocycles. The summed E-state index contributed by atoms with van der Waals surface area (Å²) < 4.78 is 11.7. The molecule has 0 saturated carbocycles. The largest absolute Gasteiger partial charge is 0.493 e. The molecule has 5 heteroatoms. The van der Waals surface area contributed by atoms with Crippen LogP contribution in [-0.2, 0) is 6.42 Å². The molecule has 4 nitrogen and oxygen atoms in total. The lowest BCUT2D eigenvalue weighted by atomic mass is 9.87. The highest BCUT2D eigenvalue weighted by atomic mass is 79.9. The molecule has 2 aromatic rings. The van der Waals surface area contributed by atoms with E-state index >= 15 is 0 Å². The Balaban J connectivity index is 1.84. The number of carbonyl (C=O) groups excluding carboxylic acids is 1. The fourth-order valence-corrected chi connectivity index (χ4v) is 3.84. The van der Waals surface area contributed by atoms with Gasteiger partial charge in [0.05, 0.1) is 24.2 Å². The van der Waals surface area contributed by atoms with Crippen molar-refractivity contribution >= 4 is 21.8 Å². The van der Waals surface area contributed by atoms with Crippen molar-refractivity contribution in [2.75, 3.05) is 13.7 Å². The van der Waals surface area contributed by atoms with E-state index in [1.165, 1.54) is 11.1 Å². The second kappa shape index (κ2) is 7.91. The van der Waals surface area contributed by atoms with Gasteiger partial charge in [-0.15, -0.1) is 0 Å². The van der Waals surface area contributed by atoms with E-state index in [0.29, 0.717) is 28.1 Å². The fraction of sp³-hybridized carbons (Fsp3) is 0.350. The molecule has 132 valence electrons. The first-order chi connectivity index (χ1) is 12.1. The predicted octanol–water partition coefficient (Wildman–Crippen LogP) is 4.66. The molecule has 1 aliphatic rings. The summed E-state index contributed by atoms with van der Waals surface area (Å²) in [4.78, 5) is 12.8. The van der Waals surface area contributed by atoms with E-state index in [1.807, 2.05) is 13.0 Å². The van der Waals surface area contributed by atoms with Gasteiger partial charge in [-0.3, -0.25) is 4.79 Å². The van der Waals surface area contributed by atoms with E-state index in [0.717, 1.165) is 19.3 Å². The number of aryl methyl sites for hydroxylation is 1. The number of ether oxygens (including phenoxy) is 2. The van der Waals surface area contributed by atoms with Crippen LogP contribution in [0.1, 0.15) is 47.3 Å². The highest BCUT2D eigenvalue weighted by Gasteiger charge is 2.23. The molecule has 25 heavy (non-hydrogen) atoms. The van der Waals surface area contributed by atoms with Crippen molar-refractivity contribution < 1.29 is 14.3 Å². The van der Waals surface area contributed by atoms with E-state index < -0.39 is 0 Å². The number of methoxy groups -OCH3 is 1. The first-order valence-corrected chi connectivity index (χ1v) is 9.32. The van der Waals surface area contributed by atoms with Crippen molar-refractivity contribution in [1.29, 1.82) is 0 Å². The Morgan fingerprint density at radius 3 is 2.88 bits per heavy atom. The van der Waals surface area contributed by atoms with E-state index in [4.69, 9.17) is 9.47 Å². The Morgan fingerprint density at radius 1 is 1.32 bits per heavy atom. The van der Waals surface area contributed by atoms with Gasteiger partial charge >= 0.3 is 0 Å². The van der Waals surface area contributed by atoms with Crippen molar-refractivity contribution in [3.63, 3.8) is 0 Å². The number of hydrogen-bond acceptors (Lipinski definition) is 3. The zero-order valence-corrected chi connectivity index (χ0v) is 16.1. The average Bonchev–Trinajstić information content (AvgIpc) is 2.63. The normalized spacial score (nSPS) is 16.0. The molecule has 1 amide bonds. The average molecular weight is 404 g/mol. The quantitative estimate of drug-likeness (QED) is 0.789. The van der Waals surface area contributed by atoms with Crippen LogP contribution >= 0.6 is 15.9 Å². The van der Waals surface area contributed by atoms with Crippen molar-refractivity contribution in [2.45, 2.75) is 32.2 Å². The highest BCUT2D eigenvalue weighted by Crippen LogP contribution is 2.37. The van der Waals surface area contributed by atoms with Crippen LogP contribution in [0, 0.1) is 0 Å². The monoisotopic (exact) mass is 403 g/mol. The number of fused-ring (bicyclic) bond motifs is 1. The zero-order chi connectivity index (χ0) is 17.8. The number of hydrogen-bond donors (Lipinski definition) is 1. The van der Waals surface area contributed by atoms with Crippen LogP contribution in [0.25, 0.3) is 0 Å². The van der Waals surface area contributed by atoms with Crippen molar-refractivity contribution in [3.05, 3.63) is 57.6 Å². The van der Waals surface area contributed by atoms with Crippen LogP contribution in [0.15, 0.2) is 40.9 Å². The number of benzene rings is 2. The third kappa shape index (κ3) is 3.82. The van der Waals surface area contributed by atoms with Gasteiger partial charge in [-0.05, 0) is 65.4 Å². The van der Waals surface area contributed by atoms with Gasteiger partial charge in [0.2, 0.25) is 0 Å². The van der Waals surface area contributed by atoms with Gasteiger partial charge in [0.1, 0.15) is 0 Å². The molecule has 1 atom stereocenters. The minimum absolute atomic E-state index is 0.0498. The SMILES string of the molecule is CCOc1c(Br)cc(C(=O)NC2CCCc3ccccc32)cc1OC. The van der Waals surface area contributed by atoms with Crippen LogP contribution in [0.4, 0.5) is 0 Å². The minimum Gasteiger partial charge on any atom is -0.493 e. The van der Waals surface area contributed by atoms with Crippen molar-refractivity contribution in [2.24, 2.45) is 0 Å². The van der Waals surface area contributed by atoms with Crippen LogP contribution in [0.3, 0.4) is 0 Å². The van der Waals surface area contributed by atoms with Gasteiger partial charge in [-0.2, -0.15) is 0 Å². The third-order valence-electron chi connectivity index (χ3n) is 4.46. The van der Waals surface area contributed by atoms with Crippen LogP contribution in [-0.4, -0.2) is 19.6 Å². The molecule has 1 unspecified atom stereocenters. The summed E-state index contributed by atoms with van der Waals surface area (Å²) in [7, 11) is 1.57. The molecule has 0 aromatic heterocycles. The fourth-order valence-electron chi connectivity index (χ4n) is 3.28. The van der Waals surface area contributed by atoms with Crippen LogP contribution < -0.4 is 14.8 Å². The molecule has 0 heterocycles. The van der Waals surface area contributed by atoms with Crippen molar-refractivity contribution in [1.82, 2.24) is 5.32 Å². The number of nitrogens with one attached hydrogen (secondary N) is 1. The smallest absolute Gasteiger partial charge is 0.251 e. The summed E-state index contributed by atoms with van der Waals surface area (Å²) in [6, 6.07) is 11.9. The summed E-state index contributed by atoms with van der Waals surface area (Å²) in [5.41, 5.74) is 3.10. The first kappa shape index (κ1) is 17.8. The lowest BCUT2D eigenvalue weighted by molar-refractivity contribution is 0.0932. The van der Waals surface area contributed by atoms with Crippen molar-refractivity contribution in [3.8, 4) is 11.5 Å². The summed E-state index contributed by atoms with van der Waals surface area (Å²) in [6.45, 7) is 2.44. The second-order valence-electron chi connectivity index (χ2n) is 6.04. The zero-order valence-electron chi connectivity index (χ0n) is 14.5. The Hall–Kier alpha value is -2.01. The molecular formula is C20H22BrNO3. The first-order valence-electron chi connectivity index (χ1n) is 8.53. The molecule has 0 spiro atoms. The van der Waals surface area contributed by atoms with Gasteiger partial charge < -0.3 is 14.8 Å². The molecule has 1 aliphatic carbocycles. The van der Waals surface area contributed by atoms with Gasteiger partial charge in [0, 0.05) is 5.56 Å². The Kier molecular flexibility index (Phi) is 5.63. The Morgan fingerprint density at radius 2 is 2.12 bits per heavy atom. The van der Waals surface area contributed by atoms with E-state index in [1.54, 1.807) is 19.2 Å². The Bertz CT molecular complexity index is 776. The number of amides is 1. The summed E-state index contributed by atoms with van der Waals surface area (Å²) >= 11 is 3.47. The minimum atomic E-state index is -0.108. The van der Waals surface area contributed by atoms with E-state index in [9.17, 15) is 4.79 Å². The summed E-state index contributed by atoms with van der Waals surface area (Å²) in [5.74, 6) is 1.05. The lowest BCUT2D eigenvalue weighted by Crippen LogP contribution is -2.31. The van der Waals surface area contributed by atoms with Gasteiger partial charge in [0.15, 0.2) is 11.5 Å². The third-order valence-corrected chi connectivity index (χ3v) is 5.04. The molecule has 0 saturated heterocycles. The number of carbonyl (C=O) groups is 1. The molecule has 0 aliphatic heterocycles. The molecule has 0 radical (unpaired) electrons. The molecule has 0 fully saturated rings. The number of halogens is 1. The molecule has 0 bridgehead atoms. The highest BCUT2D eigenvalue weighted by molar-refractivity contribution is 9.10. The molecule has 1 N–H and O–H groups in total. The van der Waals surface area contributed by atoms with E-state index in [-0.39, 0.29) is 11.9 Å². The summed E-state index contributed by atoms with van der Waals surface area (Å²) in [6.07, 6.45) is 3.11. The summed E-state index contributed by atoms with van der Waals surface area (Å²) in [5, 5.41) is 3.17. The Labute approximate surface area is 156 Å². The standard InChI is InChI=1S/C20H22BrNO3/c1-3-25-19-16(21)11-14(12-18(19)24-2)20(23)22-17-10-6-8-13-7-4-5-9-15(13)17/h4-5,7,9,11-12,17H,3,6,8,10H2,1-2H3,(H,22,23). The van der Waals surface area contributed by atoms with Crippen LogP contribution in [0.5, 0.6) is 11.5 Å². The van der Waals surface area contributed by atoms with E-state index in [2.05, 4.69) is 39.4 Å². The number of rotatable bonds is 5. The maximum absolute atomic E-state index is 12.8. The van der Waals surface area contributed by atoms with Gasteiger partial charge in [0.25, 0.3) is 5.91 Å². The van der Waals surface area contributed by atoms with Crippen LogP contribution in [0.2, 0.25) is 0 Å².